The average molecular weight is 430 g/mol. The summed E-state index contributed by atoms with van der Waals surface area (Å²) >= 11 is 6.06. The molecule has 7 heteroatoms. The number of hydrogen-bond acceptors (Lipinski definition) is 5. The lowest BCUT2D eigenvalue weighted by Gasteiger charge is -2.29. The first kappa shape index (κ1) is 20.4. The number of nitrogens with zero attached hydrogens (tertiary/aromatic N) is 1. The van der Waals surface area contributed by atoms with Crippen molar-refractivity contribution >= 4 is 23.1 Å². The van der Waals surface area contributed by atoms with Crippen LogP contribution in [0.5, 0.6) is 23.0 Å². The van der Waals surface area contributed by atoms with Crippen LogP contribution < -0.4 is 18.9 Å². The normalized spacial score (nSPS) is 17.7. The van der Waals surface area contributed by atoms with E-state index < -0.39 is 6.10 Å². The van der Waals surface area contributed by atoms with Gasteiger partial charge in [-0.1, -0.05) is 17.7 Å². The Labute approximate surface area is 180 Å². The van der Waals surface area contributed by atoms with E-state index in [1.165, 1.54) is 0 Å². The number of rotatable bonds is 5. The van der Waals surface area contributed by atoms with E-state index in [-0.39, 0.29) is 5.91 Å². The molecular weight excluding hydrogens is 406 g/mol. The Morgan fingerprint density at radius 3 is 2.43 bits per heavy atom. The molecule has 0 saturated heterocycles. The highest BCUT2D eigenvalue weighted by Gasteiger charge is 2.33. The molecule has 1 amide bonds. The van der Waals surface area contributed by atoms with Gasteiger partial charge in [-0.2, -0.15) is 0 Å². The second-order valence-electron chi connectivity index (χ2n) is 7.23. The number of ether oxygens (including phenoxy) is 4. The highest BCUT2D eigenvalue weighted by Crippen LogP contribution is 2.41. The summed E-state index contributed by atoms with van der Waals surface area (Å²) in [6, 6.07) is 9.14. The molecule has 0 fully saturated rings. The molecule has 1 atom stereocenters. The predicted octanol–water partition coefficient (Wildman–Crippen LogP) is 3.99. The summed E-state index contributed by atoms with van der Waals surface area (Å²) in [5.74, 6) is 2.76. The fourth-order valence-electron chi connectivity index (χ4n) is 3.98. The molecule has 2 aliphatic heterocycles. The minimum atomic E-state index is -0.501. The minimum absolute atomic E-state index is 0.00807. The minimum Gasteiger partial charge on any atom is -0.496 e. The van der Waals surface area contributed by atoms with Crippen LogP contribution in [-0.4, -0.2) is 51.3 Å². The first-order valence-electron chi connectivity index (χ1n) is 9.77. The van der Waals surface area contributed by atoms with E-state index in [9.17, 15) is 4.79 Å². The molecule has 2 heterocycles. The summed E-state index contributed by atoms with van der Waals surface area (Å²) in [6.45, 7) is 1.10. The Morgan fingerprint density at radius 2 is 1.83 bits per heavy atom. The van der Waals surface area contributed by atoms with Gasteiger partial charge in [0.15, 0.2) is 6.10 Å². The molecule has 2 aromatic rings. The number of carbonyl (C=O) groups is 1. The highest BCUT2D eigenvalue weighted by molar-refractivity contribution is 6.30. The molecule has 2 aromatic carbocycles. The number of fused-ring (bicyclic) bond motifs is 1. The van der Waals surface area contributed by atoms with Crippen molar-refractivity contribution in [2.45, 2.75) is 18.9 Å². The monoisotopic (exact) mass is 429 g/mol. The predicted molar refractivity (Wildman–Crippen MR) is 115 cm³/mol. The third-order valence-corrected chi connectivity index (χ3v) is 5.76. The van der Waals surface area contributed by atoms with Crippen LogP contribution in [0, 0.1) is 0 Å². The molecule has 0 saturated carbocycles. The zero-order valence-corrected chi connectivity index (χ0v) is 18.0. The second kappa shape index (κ2) is 8.48. The van der Waals surface area contributed by atoms with E-state index >= 15 is 0 Å². The largest absolute Gasteiger partial charge is 0.496 e. The molecule has 6 nitrogen and oxygen atoms in total. The van der Waals surface area contributed by atoms with Crippen molar-refractivity contribution in [2.24, 2.45) is 0 Å². The van der Waals surface area contributed by atoms with Gasteiger partial charge in [0.25, 0.3) is 5.91 Å². The van der Waals surface area contributed by atoms with Crippen molar-refractivity contribution in [1.82, 2.24) is 4.90 Å². The summed E-state index contributed by atoms with van der Waals surface area (Å²) < 4.78 is 22.3. The number of methoxy groups -OCH3 is 3. The molecule has 4 rings (SSSR count). The number of halogens is 1. The van der Waals surface area contributed by atoms with Gasteiger partial charge in [0.1, 0.15) is 23.0 Å². The number of carbonyl (C=O) groups excluding carboxylic acids is 1. The Hall–Kier alpha value is -2.86. The van der Waals surface area contributed by atoms with E-state index in [1.54, 1.807) is 27.4 Å². The zero-order chi connectivity index (χ0) is 21.3. The Morgan fingerprint density at radius 1 is 1.10 bits per heavy atom. The molecule has 2 aliphatic rings. The van der Waals surface area contributed by atoms with Crippen molar-refractivity contribution in [3.8, 4) is 23.0 Å². The molecule has 1 unspecified atom stereocenters. The van der Waals surface area contributed by atoms with Gasteiger partial charge in [0.05, 0.1) is 26.9 Å². The molecule has 0 radical (unpaired) electrons. The fourth-order valence-corrected chi connectivity index (χ4v) is 4.17. The molecule has 0 bridgehead atoms. The van der Waals surface area contributed by atoms with Gasteiger partial charge < -0.3 is 23.8 Å². The van der Waals surface area contributed by atoms with Crippen LogP contribution in [0.1, 0.15) is 17.5 Å². The third kappa shape index (κ3) is 3.79. The van der Waals surface area contributed by atoms with Gasteiger partial charge in [0, 0.05) is 36.7 Å². The van der Waals surface area contributed by atoms with E-state index in [1.807, 2.05) is 35.2 Å². The summed E-state index contributed by atoms with van der Waals surface area (Å²) in [6.07, 6.45) is 2.78. The molecular formula is C23H24ClNO5. The average Bonchev–Trinajstić information content (AvgIpc) is 3.20. The maximum Gasteiger partial charge on any atom is 0.264 e. The first-order valence-corrected chi connectivity index (χ1v) is 10.1. The van der Waals surface area contributed by atoms with E-state index in [4.69, 9.17) is 30.5 Å². The molecule has 30 heavy (non-hydrogen) atoms. The summed E-state index contributed by atoms with van der Waals surface area (Å²) in [4.78, 5) is 14.8. The van der Waals surface area contributed by atoms with Crippen molar-refractivity contribution in [3.05, 3.63) is 52.6 Å². The van der Waals surface area contributed by atoms with Crippen molar-refractivity contribution in [2.75, 3.05) is 34.4 Å². The van der Waals surface area contributed by atoms with Gasteiger partial charge in [0.2, 0.25) is 0 Å². The van der Waals surface area contributed by atoms with Gasteiger partial charge in [-0.3, -0.25) is 4.79 Å². The van der Waals surface area contributed by atoms with Crippen LogP contribution >= 0.6 is 11.6 Å². The van der Waals surface area contributed by atoms with Gasteiger partial charge in [-0.05, 0) is 35.8 Å². The quantitative estimate of drug-likeness (QED) is 0.719. The van der Waals surface area contributed by atoms with Gasteiger partial charge in [-0.25, -0.2) is 0 Å². The van der Waals surface area contributed by atoms with Crippen molar-refractivity contribution in [1.29, 1.82) is 0 Å². The lowest BCUT2D eigenvalue weighted by molar-refractivity contribution is -0.137. The lowest BCUT2D eigenvalue weighted by atomic mass is 9.96. The highest BCUT2D eigenvalue weighted by atomic mass is 35.5. The van der Waals surface area contributed by atoms with Gasteiger partial charge >= 0.3 is 0 Å². The van der Waals surface area contributed by atoms with Gasteiger partial charge in [-0.15, -0.1) is 0 Å². The smallest absolute Gasteiger partial charge is 0.264 e. The molecule has 0 aliphatic carbocycles. The fraction of sp³-hybridized carbons (Fsp3) is 0.348. The van der Waals surface area contributed by atoms with E-state index in [0.29, 0.717) is 48.2 Å². The maximum absolute atomic E-state index is 13.0. The Balaban J connectivity index is 1.51. The molecule has 0 aromatic heterocycles. The van der Waals surface area contributed by atoms with Crippen LogP contribution in [0.25, 0.3) is 5.57 Å². The summed E-state index contributed by atoms with van der Waals surface area (Å²) in [5.41, 5.74) is 2.95. The third-order valence-electron chi connectivity index (χ3n) is 5.53. The summed E-state index contributed by atoms with van der Waals surface area (Å²) in [5, 5.41) is 0.651. The standard InChI is InChI=1S/C23H24ClNO5/c1-27-17-12-19(28-2)22(20(13-17)29-3)14-6-8-25(9-7-14)23(26)21-11-15-10-16(24)4-5-18(15)30-21/h4-6,10,12-13,21H,7-9,11H2,1-3H3. The van der Waals surface area contributed by atoms with E-state index in [0.717, 1.165) is 22.4 Å². The Kier molecular flexibility index (Phi) is 5.77. The maximum atomic E-state index is 13.0. The van der Waals surface area contributed by atoms with Crippen LogP contribution in [0.2, 0.25) is 5.02 Å². The van der Waals surface area contributed by atoms with E-state index in [2.05, 4.69) is 0 Å². The SMILES string of the molecule is COc1cc(OC)c(C2=CCN(C(=O)C3Cc4cc(Cl)ccc4O3)CC2)c(OC)c1. The number of benzene rings is 2. The zero-order valence-electron chi connectivity index (χ0n) is 17.2. The Bertz CT molecular complexity index is 978. The topological polar surface area (TPSA) is 57.2 Å². The van der Waals surface area contributed by atoms with Crippen molar-refractivity contribution in [3.63, 3.8) is 0 Å². The summed E-state index contributed by atoms with van der Waals surface area (Å²) in [7, 11) is 4.85. The van der Waals surface area contributed by atoms with Crippen LogP contribution in [-0.2, 0) is 11.2 Å². The van der Waals surface area contributed by atoms with Crippen LogP contribution in [0.15, 0.2) is 36.4 Å². The molecule has 0 N–H and O–H groups in total. The first-order chi connectivity index (χ1) is 14.5. The number of hydrogen-bond donors (Lipinski definition) is 0. The second-order valence-corrected chi connectivity index (χ2v) is 7.67. The number of amides is 1. The molecule has 158 valence electrons. The van der Waals surface area contributed by atoms with Crippen LogP contribution in [0.3, 0.4) is 0 Å². The lowest BCUT2D eigenvalue weighted by Crippen LogP contribution is -2.43. The molecule has 0 spiro atoms. The van der Waals surface area contributed by atoms with Crippen LogP contribution in [0.4, 0.5) is 0 Å². The van der Waals surface area contributed by atoms with Crippen molar-refractivity contribution < 1.29 is 23.7 Å².